The number of carboxylic acids is 1. The maximum absolute atomic E-state index is 13.2. The first-order valence-corrected chi connectivity index (χ1v) is 9.22. The predicted octanol–water partition coefficient (Wildman–Crippen LogP) is 3.25. The van der Waals surface area contributed by atoms with Crippen LogP contribution < -0.4 is 16.0 Å². The average molecular weight is 380 g/mol. The summed E-state index contributed by atoms with van der Waals surface area (Å²) < 4.78 is 7.09. The summed E-state index contributed by atoms with van der Waals surface area (Å²) in [6, 6.07) is 14.8. The smallest absolute Gasteiger partial charge is 0.341 e. The van der Waals surface area contributed by atoms with Gasteiger partial charge in [0.2, 0.25) is 0 Å². The van der Waals surface area contributed by atoms with E-state index in [1.54, 1.807) is 22.8 Å². The predicted molar refractivity (Wildman–Crippen MR) is 110 cm³/mol. The number of pyridine rings is 1. The molecule has 1 aromatic heterocycles. The van der Waals surface area contributed by atoms with Crippen LogP contribution in [0.3, 0.4) is 0 Å². The van der Waals surface area contributed by atoms with Gasteiger partial charge < -0.3 is 20.1 Å². The summed E-state index contributed by atoms with van der Waals surface area (Å²) in [6.07, 6.45) is 0. The van der Waals surface area contributed by atoms with Crippen LogP contribution in [0.15, 0.2) is 53.3 Å². The fraction of sp³-hybridized carbons (Fsp3) is 0.273. The van der Waals surface area contributed by atoms with Gasteiger partial charge in [-0.1, -0.05) is 44.2 Å². The molecule has 0 aliphatic rings. The zero-order chi connectivity index (χ0) is 20.3. The van der Waals surface area contributed by atoms with Crippen molar-refractivity contribution in [3.63, 3.8) is 0 Å². The van der Waals surface area contributed by atoms with Gasteiger partial charge in [0.05, 0.1) is 0 Å². The molecule has 3 N–H and O–H groups in total. The van der Waals surface area contributed by atoms with Gasteiger partial charge in [0.15, 0.2) is 6.61 Å². The molecule has 0 aliphatic heterocycles. The summed E-state index contributed by atoms with van der Waals surface area (Å²) in [7, 11) is 0. The molecule has 0 spiro atoms. The van der Waals surface area contributed by atoms with Gasteiger partial charge in [0.1, 0.15) is 5.75 Å². The molecule has 6 heteroatoms. The molecule has 2 aromatic carbocycles. The average Bonchev–Trinajstić information content (AvgIpc) is 2.68. The lowest BCUT2D eigenvalue weighted by atomic mass is 9.96. The molecular formula is C22H24N2O4. The Bertz CT molecular complexity index is 1060. The highest BCUT2D eigenvalue weighted by atomic mass is 16.5. The van der Waals surface area contributed by atoms with Crippen molar-refractivity contribution in [1.29, 1.82) is 0 Å². The molecule has 0 aliphatic carbocycles. The van der Waals surface area contributed by atoms with Gasteiger partial charge in [-0.15, -0.1) is 0 Å². The summed E-state index contributed by atoms with van der Waals surface area (Å²) in [5.41, 5.74) is 8.57. The molecule has 0 amide bonds. The maximum atomic E-state index is 13.2. The summed E-state index contributed by atoms with van der Waals surface area (Å²) in [5, 5.41) is 10.1. The normalized spacial score (nSPS) is 11.1. The standard InChI is InChI=1S/C22H24N2O4/c1-14(2)12-24-19(11-23)21(15-6-4-3-5-7-15)18-10-16(28-13-20(25)26)8-9-17(18)22(24)27/h3-10,14H,11-13,23H2,1-2H3,(H,25,26). The summed E-state index contributed by atoms with van der Waals surface area (Å²) in [4.78, 5) is 24.0. The number of ether oxygens (including phenoxy) is 1. The molecule has 0 saturated heterocycles. The van der Waals surface area contributed by atoms with E-state index in [1.807, 2.05) is 30.3 Å². The van der Waals surface area contributed by atoms with E-state index in [-0.39, 0.29) is 18.0 Å². The molecule has 28 heavy (non-hydrogen) atoms. The molecule has 0 saturated carbocycles. The Morgan fingerprint density at radius 1 is 1.14 bits per heavy atom. The Balaban J connectivity index is 2.34. The molecule has 0 radical (unpaired) electrons. The molecular weight excluding hydrogens is 356 g/mol. The minimum atomic E-state index is -1.06. The van der Waals surface area contributed by atoms with Crippen LogP contribution in [0.1, 0.15) is 19.5 Å². The second kappa shape index (κ2) is 8.27. The monoisotopic (exact) mass is 380 g/mol. The molecule has 3 rings (SSSR count). The highest BCUT2D eigenvalue weighted by molar-refractivity contribution is 5.98. The van der Waals surface area contributed by atoms with E-state index in [4.69, 9.17) is 15.6 Å². The number of hydrogen-bond acceptors (Lipinski definition) is 4. The highest BCUT2D eigenvalue weighted by Crippen LogP contribution is 2.33. The highest BCUT2D eigenvalue weighted by Gasteiger charge is 2.18. The number of hydrogen-bond donors (Lipinski definition) is 2. The van der Waals surface area contributed by atoms with Gasteiger partial charge in [-0.25, -0.2) is 4.79 Å². The number of carboxylic acid groups (broad SMARTS) is 1. The Labute approximate surface area is 163 Å². The third-order valence-electron chi connectivity index (χ3n) is 4.52. The van der Waals surface area contributed by atoms with Crippen LogP contribution in [0.5, 0.6) is 5.75 Å². The Morgan fingerprint density at radius 2 is 1.86 bits per heavy atom. The zero-order valence-electron chi connectivity index (χ0n) is 16.0. The van der Waals surface area contributed by atoms with Crippen LogP contribution in [0, 0.1) is 5.92 Å². The Hall–Kier alpha value is -3.12. The van der Waals surface area contributed by atoms with Gasteiger partial charge in [0.25, 0.3) is 5.56 Å². The van der Waals surface area contributed by atoms with Crippen molar-refractivity contribution in [2.24, 2.45) is 11.7 Å². The van der Waals surface area contributed by atoms with E-state index in [0.717, 1.165) is 16.8 Å². The van der Waals surface area contributed by atoms with Crippen LogP contribution >= 0.6 is 0 Å². The van der Waals surface area contributed by atoms with Crippen molar-refractivity contribution in [3.05, 3.63) is 64.6 Å². The van der Waals surface area contributed by atoms with Crippen molar-refractivity contribution in [3.8, 4) is 16.9 Å². The summed E-state index contributed by atoms with van der Waals surface area (Å²) >= 11 is 0. The van der Waals surface area contributed by atoms with Gasteiger partial charge in [0, 0.05) is 35.1 Å². The van der Waals surface area contributed by atoms with E-state index < -0.39 is 12.6 Å². The first kappa shape index (κ1) is 19.6. The van der Waals surface area contributed by atoms with E-state index in [9.17, 15) is 9.59 Å². The number of carbonyl (C=O) groups is 1. The number of nitrogens with zero attached hydrogens (tertiary/aromatic N) is 1. The first-order chi connectivity index (χ1) is 13.4. The summed E-state index contributed by atoms with van der Waals surface area (Å²) in [5.74, 6) is -0.378. The molecule has 0 bridgehead atoms. The number of aromatic nitrogens is 1. The minimum Gasteiger partial charge on any atom is -0.482 e. The zero-order valence-corrected chi connectivity index (χ0v) is 16.0. The van der Waals surface area contributed by atoms with Crippen molar-refractivity contribution >= 4 is 16.7 Å². The van der Waals surface area contributed by atoms with Gasteiger partial charge in [-0.3, -0.25) is 4.79 Å². The topological polar surface area (TPSA) is 94.6 Å². The van der Waals surface area contributed by atoms with E-state index in [1.165, 1.54) is 0 Å². The van der Waals surface area contributed by atoms with Crippen LogP contribution in [0.4, 0.5) is 0 Å². The molecule has 3 aromatic rings. The number of fused-ring (bicyclic) bond motifs is 1. The van der Waals surface area contributed by atoms with E-state index in [2.05, 4.69) is 13.8 Å². The van der Waals surface area contributed by atoms with Gasteiger partial charge in [-0.2, -0.15) is 0 Å². The lowest BCUT2D eigenvalue weighted by Gasteiger charge is -2.21. The van der Waals surface area contributed by atoms with Crippen LogP contribution in [0.2, 0.25) is 0 Å². The molecule has 146 valence electrons. The quantitative estimate of drug-likeness (QED) is 0.656. The van der Waals surface area contributed by atoms with Crippen molar-refractivity contribution in [1.82, 2.24) is 4.57 Å². The molecule has 0 atom stereocenters. The Morgan fingerprint density at radius 3 is 2.46 bits per heavy atom. The van der Waals surface area contributed by atoms with Crippen LogP contribution in [-0.2, 0) is 17.9 Å². The number of nitrogens with two attached hydrogens (primary N) is 1. The van der Waals surface area contributed by atoms with Crippen molar-refractivity contribution < 1.29 is 14.6 Å². The van der Waals surface area contributed by atoms with Crippen LogP contribution in [-0.4, -0.2) is 22.2 Å². The SMILES string of the molecule is CC(C)Cn1c(CN)c(-c2ccccc2)c2cc(OCC(=O)O)ccc2c1=O. The largest absolute Gasteiger partial charge is 0.482 e. The number of aliphatic carboxylic acids is 1. The second-order valence-electron chi connectivity index (χ2n) is 7.09. The third-order valence-corrected chi connectivity index (χ3v) is 4.52. The minimum absolute atomic E-state index is 0.103. The fourth-order valence-corrected chi connectivity index (χ4v) is 3.41. The lowest BCUT2D eigenvalue weighted by molar-refractivity contribution is -0.139. The van der Waals surface area contributed by atoms with Crippen LogP contribution in [0.25, 0.3) is 21.9 Å². The van der Waals surface area contributed by atoms with Crippen molar-refractivity contribution in [2.75, 3.05) is 6.61 Å². The maximum Gasteiger partial charge on any atom is 0.341 e. The molecule has 0 fully saturated rings. The Kier molecular flexibility index (Phi) is 5.80. The number of benzene rings is 2. The van der Waals surface area contributed by atoms with E-state index >= 15 is 0 Å². The molecule has 1 heterocycles. The summed E-state index contributed by atoms with van der Waals surface area (Å²) in [6.45, 7) is 4.45. The fourth-order valence-electron chi connectivity index (χ4n) is 3.41. The van der Waals surface area contributed by atoms with E-state index in [0.29, 0.717) is 23.1 Å². The first-order valence-electron chi connectivity index (χ1n) is 9.22. The molecule has 6 nitrogen and oxygen atoms in total. The van der Waals surface area contributed by atoms with Gasteiger partial charge >= 0.3 is 5.97 Å². The van der Waals surface area contributed by atoms with Crippen molar-refractivity contribution in [2.45, 2.75) is 26.9 Å². The second-order valence-corrected chi connectivity index (χ2v) is 7.09. The lowest BCUT2D eigenvalue weighted by Crippen LogP contribution is -2.28. The third kappa shape index (κ3) is 3.92. The number of rotatable bonds is 7. The molecule has 0 unspecified atom stereocenters. The van der Waals surface area contributed by atoms with Gasteiger partial charge in [-0.05, 0) is 29.7 Å².